The number of fused-ring (bicyclic) bond motifs is 4. The summed E-state index contributed by atoms with van der Waals surface area (Å²) < 4.78 is 87.5. The normalized spacial score (nSPS) is 54.7. The van der Waals surface area contributed by atoms with E-state index in [2.05, 4.69) is 38.0 Å². The number of rotatable bonds is 11. The van der Waals surface area contributed by atoms with Crippen molar-refractivity contribution >= 4 is 10.4 Å². The maximum atomic E-state index is 12.2. The Kier molecular flexibility index (Phi) is 13.4. The van der Waals surface area contributed by atoms with Gasteiger partial charge in [0, 0.05) is 24.2 Å². The summed E-state index contributed by atoms with van der Waals surface area (Å²) in [6.45, 7) is 14.0. The molecule has 384 valence electrons. The molecule has 5 aliphatic heterocycles. The summed E-state index contributed by atoms with van der Waals surface area (Å²) in [4.78, 5) is 0. The van der Waals surface area contributed by atoms with E-state index in [1.54, 1.807) is 0 Å². The molecule has 2 bridgehead atoms. The number of hydrogen-bond acceptors (Lipinski definition) is 19. The van der Waals surface area contributed by atoms with E-state index in [-0.39, 0.29) is 46.7 Å². The van der Waals surface area contributed by atoms with Gasteiger partial charge in [-0.05, 0) is 93.3 Å². The van der Waals surface area contributed by atoms with Gasteiger partial charge in [0.2, 0.25) is 0 Å². The predicted octanol–water partition coefficient (Wildman–Crippen LogP) is 0.433. The summed E-state index contributed by atoms with van der Waals surface area (Å²) in [5, 5.41) is 87.2. The monoisotopic (exact) mass is 978 g/mol. The highest BCUT2D eigenvalue weighted by Gasteiger charge is 2.81. The molecule has 9 rings (SSSR count). The second-order valence-electron chi connectivity index (χ2n) is 23.0. The van der Waals surface area contributed by atoms with Gasteiger partial charge in [-0.2, -0.15) is 8.42 Å². The predicted molar refractivity (Wildman–Crippen MR) is 229 cm³/mol. The fourth-order valence-corrected chi connectivity index (χ4v) is 16.4. The fraction of sp³-hybridized carbons (Fsp3) is 0.957. The Morgan fingerprint density at radius 3 is 2.06 bits per heavy atom. The molecule has 21 heteroatoms. The van der Waals surface area contributed by atoms with Gasteiger partial charge in [0.05, 0.1) is 44.2 Å². The van der Waals surface area contributed by atoms with Gasteiger partial charge in [-0.1, -0.05) is 39.3 Å². The lowest BCUT2D eigenvalue weighted by Crippen LogP contribution is -2.67. The van der Waals surface area contributed by atoms with Gasteiger partial charge in [-0.3, -0.25) is 4.55 Å². The average Bonchev–Trinajstić information content (AvgIpc) is 3.85. The largest absolute Gasteiger partial charge is 0.397 e. The van der Waals surface area contributed by atoms with Gasteiger partial charge in [0.1, 0.15) is 61.0 Å². The Hall–Kier alpha value is -1.03. The zero-order valence-corrected chi connectivity index (χ0v) is 40.3. The highest BCUT2D eigenvalue weighted by molar-refractivity contribution is 7.80. The molecule has 4 aliphatic carbocycles. The summed E-state index contributed by atoms with van der Waals surface area (Å²) in [6.07, 6.45) is -13.6. The van der Waals surface area contributed by atoms with Crippen molar-refractivity contribution in [2.75, 3.05) is 26.4 Å². The van der Waals surface area contributed by atoms with Crippen LogP contribution >= 0.6 is 0 Å². The Morgan fingerprint density at radius 2 is 1.42 bits per heavy atom. The van der Waals surface area contributed by atoms with E-state index in [0.717, 1.165) is 44.1 Å². The number of ether oxygens (including phenoxy) is 8. The average molecular weight is 979 g/mol. The van der Waals surface area contributed by atoms with Crippen LogP contribution in [0.1, 0.15) is 99.8 Å². The third kappa shape index (κ3) is 8.13. The molecule has 0 aromatic heterocycles. The van der Waals surface area contributed by atoms with Crippen LogP contribution < -0.4 is 0 Å². The van der Waals surface area contributed by atoms with Crippen LogP contribution in [0.3, 0.4) is 0 Å². The Morgan fingerprint density at radius 1 is 0.761 bits per heavy atom. The van der Waals surface area contributed by atoms with E-state index in [9.17, 15) is 53.8 Å². The van der Waals surface area contributed by atoms with Crippen LogP contribution in [0.5, 0.6) is 0 Å². The molecule has 5 saturated heterocycles. The van der Waals surface area contributed by atoms with Crippen molar-refractivity contribution in [2.24, 2.45) is 45.3 Å². The van der Waals surface area contributed by atoms with Crippen molar-refractivity contribution in [3.63, 3.8) is 0 Å². The minimum atomic E-state index is -5.18. The van der Waals surface area contributed by atoms with Crippen molar-refractivity contribution in [3.8, 4) is 0 Å². The molecular weight excluding hydrogens is 905 g/mol. The lowest BCUT2D eigenvalue weighted by molar-refractivity contribution is -0.374. The van der Waals surface area contributed by atoms with Crippen LogP contribution in [0.15, 0.2) is 11.6 Å². The Bertz CT molecular complexity index is 1960. The first-order chi connectivity index (χ1) is 31.3. The SMILES string of the molecule is CC(C)=C[C@H]1C[C@](C)(O)[C@@H]2[C@H]3CC[C@@H]4[C@@]5(C)CC[C@H](O[C@@H]6OC[C@H](O)[C@H](O[C@@H]7O[C@H](CO)[C@@H](OS(=O)(=O)O)[C@H](O)[C@H]7O)[C@H]6O[C@@H]6O[C@@H](CO)[C@H](O)[C@H]6O)C(C)(C)[C@H]5CC[C@@]4(C)[C@@]34CO[C@@]2(C4)O1. The van der Waals surface area contributed by atoms with Crippen molar-refractivity contribution in [1.29, 1.82) is 0 Å². The molecule has 9 aliphatic rings. The molecule has 0 radical (unpaired) electrons. The fourth-order valence-electron chi connectivity index (χ4n) is 15.9. The summed E-state index contributed by atoms with van der Waals surface area (Å²) in [5.41, 5.74) is -0.685. The lowest BCUT2D eigenvalue weighted by Gasteiger charge is -2.70. The van der Waals surface area contributed by atoms with E-state index < -0.39 is 126 Å². The van der Waals surface area contributed by atoms with Crippen LogP contribution in [0.25, 0.3) is 0 Å². The van der Waals surface area contributed by atoms with E-state index in [4.69, 9.17) is 37.9 Å². The van der Waals surface area contributed by atoms with Gasteiger partial charge in [-0.25, -0.2) is 4.18 Å². The topological polar surface area (TPSA) is 299 Å². The first kappa shape index (κ1) is 50.9. The van der Waals surface area contributed by atoms with Gasteiger partial charge in [0.25, 0.3) is 0 Å². The molecule has 9 N–H and O–H groups in total. The molecule has 2 spiro atoms. The molecular formula is C46H74O20S. The first-order valence-electron chi connectivity index (χ1n) is 24.1. The van der Waals surface area contributed by atoms with Gasteiger partial charge in [0.15, 0.2) is 24.7 Å². The maximum absolute atomic E-state index is 12.2. The first-order valence-corrected chi connectivity index (χ1v) is 25.5. The van der Waals surface area contributed by atoms with Crippen LogP contribution in [-0.2, 0) is 52.5 Å². The van der Waals surface area contributed by atoms with Crippen molar-refractivity contribution in [1.82, 2.24) is 0 Å². The molecule has 20 nitrogen and oxygen atoms in total. The second kappa shape index (κ2) is 17.6. The molecule has 0 aromatic carbocycles. The molecule has 24 atom stereocenters. The van der Waals surface area contributed by atoms with Crippen LogP contribution in [0.2, 0.25) is 0 Å². The molecule has 4 saturated carbocycles. The molecule has 0 unspecified atom stereocenters. The second-order valence-corrected chi connectivity index (χ2v) is 24.0. The number of aliphatic hydroxyl groups excluding tert-OH is 7. The molecule has 5 heterocycles. The highest BCUT2D eigenvalue weighted by Crippen LogP contribution is 2.80. The molecule has 67 heavy (non-hydrogen) atoms. The van der Waals surface area contributed by atoms with Crippen LogP contribution in [0, 0.1) is 45.3 Å². The van der Waals surface area contributed by atoms with Crippen molar-refractivity contribution in [3.05, 3.63) is 11.6 Å². The highest BCUT2D eigenvalue weighted by atomic mass is 32.3. The third-order valence-electron chi connectivity index (χ3n) is 18.6. The standard InChI is InChI=1S/C46H74O20S/c1-21(2)14-22-15-44(7,54)37-23-8-9-28-42(5)12-11-29(41(3,4)27(42)10-13-43(28,6)45(23)19-46(37,65-22)59-20-45)62-40-36(64-38-32(52)30(50)25(16-47)60-38)34(24(49)18-58-40)63-39-33(53)31(51)35(26(17-48)61-39)66-67(55,56)57/h14,22-40,47-54H,8-13,15-20H2,1-7H3,(H,55,56,57)/t22-,23+,24-,25-,26+,27+,28+,29-,30-,31+,32+,33+,34-,35+,36+,37-,38-,39-,40-,42-,43+,44-,45-,46-/m0/s1. The number of hydrogen-bond donors (Lipinski definition) is 9. The maximum Gasteiger partial charge on any atom is 0.397 e. The minimum Gasteiger partial charge on any atom is -0.394 e. The molecule has 0 amide bonds. The minimum absolute atomic E-state index is 0.102. The Balaban J connectivity index is 0.966. The summed E-state index contributed by atoms with van der Waals surface area (Å²) in [5.74, 6) is -0.209. The van der Waals surface area contributed by atoms with E-state index in [1.165, 1.54) is 0 Å². The molecule has 0 aromatic rings. The van der Waals surface area contributed by atoms with E-state index in [1.807, 2.05) is 20.8 Å². The molecule has 9 fully saturated rings. The summed E-state index contributed by atoms with van der Waals surface area (Å²) in [7, 11) is -5.18. The third-order valence-corrected chi connectivity index (χ3v) is 19.1. The van der Waals surface area contributed by atoms with Gasteiger partial charge < -0.3 is 78.7 Å². The summed E-state index contributed by atoms with van der Waals surface area (Å²) >= 11 is 0. The zero-order chi connectivity index (χ0) is 48.6. The smallest absolute Gasteiger partial charge is 0.394 e. The number of allylic oxidation sites excluding steroid dienone is 1. The van der Waals surface area contributed by atoms with E-state index in [0.29, 0.717) is 25.4 Å². The summed E-state index contributed by atoms with van der Waals surface area (Å²) in [6, 6.07) is 0. The van der Waals surface area contributed by atoms with Gasteiger partial charge in [-0.15, -0.1) is 0 Å². The van der Waals surface area contributed by atoms with Crippen molar-refractivity contribution < 1.29 is 95.9 Å². The Labute approximate surface area is 392 Å². The quantitative estimate of drug-likeness (QED) is 0.0771. The van der Waals surface area contributed by atoms with E-state index >= 15 is 0 Å². The zero-order valence-electron chi connectivity index (χ0n) is 39.5. The van der Waals surface area contributed by atoms with Crippen LogP contribution in [0.4, 0.5) is 0 Å². The van der Waals surface area contributed by atoms with Crippen molar-refractivity contribution in [2.45, 2.75) is 203 Å². The number of aliphatic hydroxyl groups is 8. The lowest BCUT2D eigenvalue weighted by atomic mass is 9.35. The van der Waals surface area contributed by atoms with Crippen LogP contribution in [-0.4, -0.2) is 184 Å². The van der Waals surface area contributed by atoms with Gasteiger partial charge >= 0.3 is 10.4 Å².